The highest BCUT2D eigenvalue weighted by Gasteiger charge is 2.27. The lowest BCUT2D eigenvalue weighted by atomic mass is 9.96. The van der Waals surface area contributed by atoms with Gasteiger partial charge in [-0.05, 0) is 98.0 Å². The van der Waals surface area contributed by atoms with Crippen molar-refractivity contribution in [1.29, 1.82) is 0 Å². The van der Waals surface area contributed by atoms with Crippen LogP contribution in [0.4, 0.5) is 10.1 Å². The number of hydrogen-bond donors (Lipinski definition) is 7. The van der Waals surface area contributed by atoms with Gasteiger partial charge in [0.05, 0.1) is 35.4 Å². The Hall–Kier alpha value is -6.40. The van der Waals surface area contributed by atoms with Crippen LogP contribution >= 0.6 is 0 Å². The first-order valence-corrected chi connectivity index (χ1v) is 23.3. The van der Waals surface area contributed by atoms with E-state index in [2.05, 4.69) is 66.1 Å². The van der Waals surface area contributed by atoms with E-state index in [-0.39, 0.29) is 67.1 Å². The number of hydrogen-bond acceptors (Lipinski definition) is 11. The number of pyridine rings is 1. The quantitative estimate of drug-likeness (QED) is 0.0527. The van der Waals surface area contributed by atoms with Gasteiger partial charge in [-0.25, -0.2) is 14.5 Å². The van der Waals surface area contributed by atoms with Gasteiger partial charge in [-0.3, -0.25) is 24.0 Å². The number of aromatic nitrogens is 3. The molecule has 2 aliphatic heterocycles. The Bertz CT molecular complexity index is 2560. The summed E-state index contributed by atoms with van der Waals surface area (Å²) in [6.45, 7) is 7.94. The molecule has 0 atom stereocenters. The smallest absolute Gasteiger partial charge is 0.274 e. The largest absolute Gasteiger partial charge is 0.381 e. The first-order valence-electron chi connectivity index (χ1n) is 23.3. The van der Waals surface area contributed by atoms with Gasteiger partial charge >= 0.3 is 0 Å². The van der Waals surface area contributed by atoms with Crippen LogP contribution in [0.2, 0.25) is 0 Å². The van der Waals surface area contributed by atoms with Crippen LogP contribution < -0.4 is 37.5 Å². The second-order valence-electron chi connectivity index (χ2n) is 17.2. The third-order valence-corrected chi connectivity index (χ3v) is 12.3. The van der Waals surface area contributed by atoms with Crippen LogP contribution in [0.3, 0.4) is 0 Å². The summed E-state index contributed by atoms with van der Waals surface area (Å²) < 4.78 is 20.1. The van der Waals surface area contributed by atoms with Gasteiger partial charge in [0, 0.05) is 76.0 Å². The lowest BCUT2D eigenvalue weighted by molar-refractivity contribution is -0.120. The van der Waals surface area contributed by atoms with Gasteiger partial charge in [0.1, 0.15) is 5.82 Å². The van der Waals surface area contributed by atoms with Gasteiger partial charge in [-0.15, -0.1) is 0 Å². The molecule has 7 rings (SSSR count). The number of nitrogens with zero attached hydrogens (tertiary/aromatic N) is 3. The van der Waals surface area contributed by atoms with Crippen molar-refractivity contribution in [3.05, 3.63) is 123 Å². The molecule has 0 saturated carbocycles. The van der Waals surface area contributed by atoms with Crippen LogP contribution in [0.5, 0.6) is 0 Å². The highest BCUT2D eigenvalue weighted by Crippen LogP contribution is 2.28. The second kappa shape index (κ2) is 24.4. The third-order valence-electron chi connectivity index (χ3n) is 12.3. The van der Waals surface area contributed by atoms with Crippen LogP contribution in [0, 0.1) is 17.7 Å². The molecule has 3 aromatic carbocycles. The first-order chi connectivity index (χ1) is 32.6. The minimum absolute atomic E-state index is 0.0929. The fraction of sp³-hybridized carbons (Fsp3) is 0.420. The van der Waals surface area contributed by atoms with Crippen molar-refractivity contribution in [3.8, 4) is 11.1 Å². The zero-order chi connectivity index (χ0) is 47.0. The SMILES string of the molecule is CCc1cccc(-c2cnc(C(=O)N3CCC(CNCCNCC(=O)NCCNC(=O)c4cc(Cc5n[nH]c(=O)c6ccccc56)ccc4F)CC3)c(NC(=O)CNCC3CCOCC3)c2)c1. The van der Waals surface area contributed by atoms with Crippen LogP contribution in [0.25, 0.3) is 21.9 Å². The summed E-state index contributed by atoms with van der Waals surface area (Å²) in [5.41, 5.74) is 4.43. The Labute approximate surface area is 389 Å². The fourth-order valence-electron chi connectivity index (χ4n) is 8.46. The van der Waals surface area contributed by atoms with E-state index in [1.165, 1.54) is 17.7 Å². The zero-order valence-corrected chi connectivity index (χ0v) is 38.1. The summed E-state index contributed by atoms with van der Waals surface area (Å²) in [5, 5.41) is 26.1. The number of aromatic amines is 1. The van der Waals surface area contributed by atoms with Crippen LogP contribution in [-0.4, -0.2) is 122 Å². The molecule has 0 bridgehead atoms. The van der Waals surface area contributed by atoms with Gasteiger partial charge < -0.3 is 41.5 Å². The standard InChI is InChI=1S/C50H61FN10O6/c1-2-33-6-5-7-37(24-33)38-27-44(58-46(63)32-54-29-35-14-22-67-23-15-35)47(57-30-38)50(66)61-20-12-34(13-21-61)28-52-16-17-53-31-45(62)55-18-19-56-48(64)41-25-36(10-11-42(41)51)26-43-39-8-3-4-9-40(39)49(65)60-59-43/h3-11,24-25,27,30,34-35,52-54H,2,12-23,26,28-29,31-32H2,1H3,(H,55,62)(H,56,64)(H,58,63)(H,60,65). The topological polar surface area (TPSA) is 212 Å². The van der Waals surface area contributed by atoms with Gasteiger partial charge in [0.25, 0.3) is 17.4 Å². The maximum atomic E-state index is 14.7. The number of likely N-dealkylation sites (tertiary alicyclic amines) is 1. The summed E-state index contributed by atoms with van der Waals surface area (Å²) in [4.78, 5) is 71.0. The second-order valence-corrected chi connectivity index (χ2v) is 17.2. The number of rotatable bonds is 21. The van der Waals surface area contributed by atoms with E-state index in [1.807, 2.05) is 29.2 Å². The van der Waals surface area contributed by atoms with Crippen molar-refractivity contribution in [2.24, 2.45) is 11.8 Å². The molecule has 0 radical (unpaired) electrons. The number of aryl methyl sites for hydroxylation is 1. The molecule has 4 amide bonds. The number of amides is 4. The fourth-order valence-corrected chi connectivity index (χ4v) is 8.46. The number of H-pyrrole nitrogens is 1. The summed E-state index contributed by atoms with van der Waals surface area (Å²) in [7, 11) is 0. The van der Waals surface area contributed by atoms with E-state index in [1.54, 1.807) is 30.5 Å². The Morgan fingerprint density at radius 3 is 2.30 bits per heavy atom. The van der Waals surface area contributed by atoms with Crippen molar-refractivity contribution in [3.63, 3.8) is 0 Å². The molecule has 17 heteroatoms. The van der Waals surface area contributed by atoms with Crippen molar-refractivity contribution in [2.75, 3.05) is 84.0 Å². The molecule has 5 aromatic rings. The number of anilines is 1. The lowest BCUT2D eigenvalue weighted by Gasteiger charge is -2.32. The first kappa shape index (κ1) is 48.5. The molecule has 354 valence electrons. The molecule has 16 nitrogen and oxygen atoms in total. The summed E-state index contributed by atoms with van der Waals surface area (Å²) in [5.74, 6) is -1.11. The maximum Gasteiger partial charge on any atom is 0.274 e. The molecule has 2 saturated heterocycles. The summed E-state index contributed by atoms with van der Waals surface area (Å²) in [6, 6.07) is 21.4. The van der Waals surface area contributed by atoms with Crippen molar-refractivity contribution < 1.29 is 28.3 Å². The van der Waals surface area contributed by atoms with E-state index in [0.29, 0.717) is 65.7 Å². The normalized spacial score (nSPS) is 14.5. The molecule has 4 heterocycles. The van der Waals surface area contributed by atoms with E-state index < -0.39 is 11.7 Å². The number of halogens is 1. The maximum absolute atomic E-state index is 14.7. The molecule has 0 spiro atoms. The zero-order valence-electron chi connectivity index (χ0n) is 38.1. The van der Waals surface area contributed by atoms with Crippen molar-refractivity contribution in [1.82, 2.24) is 46.7 Å². The predicted octanol–water partition coefficient (Wildman–Crippen LogP) is 3.81. The molecule has 0 unspecified atom stereocenters. The Kier molecular flexibility index (Phi) is 17.7. The number of carbonyl (C=O) groups excluding carboxylic acids is 4. The van der Waals surface area contributed by atoms with Crippen LogP contribution in [0.1, 0.15) is 70.3 Å². The predicted molar refractivity (Wildman–Crippen MR) is 255 cm³/mol. The number of nitrogens with one attached hydrogen (secondary N) is 7. The van der Waals surface area contributed by atoms with Gasteiger partial charge in [-0.1, -0.05) is 55.5 Å². The van der Waals surface area contributed by atoms with Crippen LogP contribution in [-0.2, 0) is 27.2 Å². The minimum Gasteiger partial charge on any atom is -0.381 e. The number of benzene rings is 3. The Balaban J connectivity index is 0.790. The van der Waals surface area contributed by atoms with E-state index in [0.717, 1.165) is 69.5 Å². The Morgan fingerprint density at radius 2 is 1.49 bits per heavy atom. The molecule has 2 aromatic heterocycles. The molecule has 7 N–H and O–H groups in total. The number of ether oxygens (including phenoxy) is 1. The Morgan fingerprint density at radius 1 is 0.761 bits per heavy atom. The molecular formula is C50H61FN10O6. The van der Waals surface area contributed by atoms with Crippen LogP contribution in [0.15, 0.2) is 83.8 Å². The highest BCUT2D eigenvalue weighted by atomic mass is 19.1. The summed E-state index contributed by atoms with van der Waals surface area (Å²) >= 11 is 0. The van der Waals surface area contributed by atoms with Gasteiger partial charge in [0.2, 0.25) is 11.8 Å². The van der Waals surface area contributed by atoms with E-state index >= 15 is 0 Å². The summed E-state index contributed by atoms with van der Waals surface area (Å²) in [6.07, 6.45) is 6.45. The number of carbonyl (C=O) groups is 4. The molecule has 67 heavy (non-hydrogen) atoms. The van der Waals surface area contributed by atoms with E-state index in [4.69, 9.17) is 4.74 Å². The van der Waals surface area contributed by atoms with Crippen molar-refractivity contribution in [2.45, 2.75) is 45.4 Å². The minimum atomic E-state index is -0.672. The number of piperidine rings is 1. The average Bonchev–Trinajstić information content (AvgIpc) is 3.35. The average molecular weight is 917 g/mol. The monoisotopic (exact) mass is 916 g/mol. The molecule has 0 aliphatic carbocycles. The van der Waals surface area contributed by atoms with Gasteiger partial charge in [0.15, 0.2) is 5.69 Å². The third kappa shape index (κ3) is 13.8. The molecule has 2 aliphatic rings. The highest BCUT2D eigenvalue weighted by molar-refractivity contribution is 6.03. The van der Waals surface area contributed by atoms with E-state index in [9.17, 15) is 28.4 Å². The number of fused-ring (bicyclic) bond motifs is 1. The molecule has 2 fully saturated rings. The van der Waals surface area contributed by atoms with Crippen molar-refractivity contribution >= 4 is 40.1 Å². The lowest BCUT2D eigenvalue weighted by Crippen LogP contribution is -2.43. The molecular weight excluding hydrogens is 856 g/mol. The van der Waals surface area contributed by atoms with Gasteiger partial charge in [-0.2, -0.15) is 5.10 Å².